The predicted molar refractivity (Wildman–Crippen MR) is 119 cm³/mol. The number of para-hydroxylation sites is 1. The van der Waals surface area contributed by atoms with Crippen molar-refractivity contribution in [3.05, 3.63) is 59.7 Å². The number of aryl methyl sites for hydroxylation is 2. The number of nitrogens with one attached hydrogen (secondary N) is 2. The molecule has 2 heterocycles. The van der Waals surface area contributed by atoms with E-state index < -0.39 is 6.04 Å². The second-order valence-corrected chi connectivity index (χ2v) is 8.35. The highest BCUT2D eigenvalue weighted by Crippen LogP contribution is 2.28. The van der Waals surface area contributed by atoms with Gasteiger partial charge in [-0.05, 0) is 44.4 Å². The van der Waals surface area contributed by atoms with E-state index in [4.69, 9.17) is 0 Å². The van der Waals surface area contributed by atoms with Gasteiger partial charge in [0.1, 0.15) is 11.0 Å². The molecule has 1 fully saturated rings. The smallest absolute Gasteiger partial charge is 0.312 e. The Morgan fingerprint density at radius 2 is 1.90 bits per heavy atom. The minimum atomic E-state index is -0.527. The van der Waals surface area contributed by atoms with Gasteiger partial charge in [0.25, 0.3) is 0 Å². The summed E-state index contributed by atoms with van der Waals surface area (Å²) < 4.78 is 0. The van der Waals surface area contributed by atoms with Gasteiger partial charge >= 0.3 is 6.03 Å². The quantitative estimate of drug-likeness (QED) is 0.651. The van der Waals surface area contributed by atoms with Crippen LogP contribution in [0.3, 0.4) is 0 Å². The average Bonchev–Trinajstić information content (AvgIpc) is 3.39. The van der Waals surface area contributed by atoms with Crippen LogP contribution in [0, 0.1) is 13.8 Å². The van der Waals surface area contributed by atoms with Crippen molar-refractivity contribution in [3.8, 4) is 10.6 Å². The van der Waals surface area contributed by atoms with Gasteiger partial charge in [-0.2, -0.15) is 0 Å². The SMILES string of the molecule is Cc1cccc(-c2nnc(NC(=O)C3CCCN3C(=O)Nc3ccccc3C)s2)c1. The number of carbonyl (C=O) groups is 2. The third-order valence-electron chi connectivity index (χ3n) is 5.12. The Kier molecular flexibility index (Phi) is 5.76. The third-order valence-corrected chi connectivity index (χ3v) is 6.01. The fraction of sp³-hybridized carbons (Fsp3) is 0.273. The molecule has 0 radical (unpaired) electrons. The van der Waals surface area contributed by atoms with E-state index in [2.05, 4.69) is 20.8 Å². The number of amides is 3. The van der Waals surface area contributed by atoms with Crippen molar-refractivity contribution in [3.63, 3.8) is 0 Å². The summed E-state index contributed by atoms with van der Waals surface area (Å²) in [6.07, 6.45) is 1.40. The summed E-state index contributed by atoms with van der Waals surface area (Å²) in [5.74, 6) is -0.237. The lowest BCUT2D eigenvalue weighted by atomic mass is 10.1. The summed E-state index contributed by atoms with van der Waals surface area (Å²) in [6, 6.07) is 14.8. The molecule has 1 saturated heterocycles. The number of nitrogens with zero attached hydrogens (tertiary/aromatic N) is 3. The van der Waals surface area contributed by atoms with Gasteiger partial charge in [0, 0.05) is 17.8 Å². The Morgan fingerprint density at radius 3 is 2.70 bits per heavy atom. The summed E-state index contributed by atoms with van der Waals surface area (Å²) in [5.41, 5.74) is 3.83. The summed E-state index contributed by atoms with van der Waals surface area (Å²) in [5, 5.41) is 15.2. The molecule has 1 atom stereocenters. The highest BCUT2D eigenvalue weighted by Gasteiger charge is 2.34. The van der Waals surface area contributed by atoms with Crippen LogP contribution < -0.4 is 10.6 Å². The van der Waals surface area contributed by atoms with E-state index in [0.717, 1.165) is 33.8 Å². The fourth-order valence-electron chi connectivity index (χ4n) is 3.54. The van der Waals surface area contributed by atoms with Gasteiger partial charge in [-0.3, -0.25) is 10.1 Å². The monoisotopic (exact) mass is 421 g/mol. The van der Waals surface area contributed by atoms with E-state index in [1.54, 1.807) is 4.90 Å². The summed E-state index contributed by atoms with van der Waals surface area (Å²) in [4.78, 5) is 27.2. The minimum Gasteiger partial charge on any atom is -0.312 e. The highest BCUT2D eigenvalue weighted by atomic mass is 32.1. The molecule has 2 N–H and O–H groups in total. The fourth-order valence-corrected chi connectivity index (χ4v) is 4.28. The largest absolute Gasteiger partial charge is 0.322 e. The first kappa shape index (κ1) is 20.0. The Balaban J connectivity index is 1.43. The molecule has 3 aromatic rings. The van der Waals surface area contributed by atoms with Gasteiger partial charge < -0.3 is 10.2 Å². The van der Waals surface area contributed by atoms with Crippen LogP contribution in [0.15, 0.2) is 48.5 Å². The lowest BCUT2D eigenvalue weighted by Crippen LogP contribution is -2.45. The molecule has 0 bridgehead atoms. The van der Waals surface area contributed by atoms with Crippen LogP contribution in [-0.2, 0) is 4.79 Å². The van der Waals surface area contributed by atoms with Crippen LogP contribution in [0.25, 0.3) is 10.6 Å². The van der Waals surface area contributed by atoms with Crippen molar-refractivity contribution in [1.82, 2.24) is 15.1 Å². The lowest BCUT2D eigenvalue weighted by Gasteiger charge is -2.24. The van der Waals surface area contributed by atoms with E-state index in [-0.39, 0.29) is 11.9 Å². The van der Waals surface area contributed by atoms with Gasteiger partial charge in [-0.15, -0.1) is 10.2 Å². The van der Waals surface area contributed by atoms with Crippen molar-refractivity contribution in [1.29, 1.82) is 0 Å². The first-order valence-corrected chi connectivity index (χ1v) is 10.7. The maximum atomic E-state index is 12.9. The number of rotatable bonds is 4. The number of anilines is 2. The number of hydrogen-bond donors (Lipinski definition) is 2. The third kappa shape index (κ3) is 4.33. The molecule has 2 aromatic carbocycles. The van der Waals surface area contributed by atoms with Crippen LogP contribution in [0.1, 0.15) is 24.0 Å². The van der Waals surface area contributed by atoms with Crippen molar-refractivity contribution in [2.75, 3.05) is 17.2 Å². The lowest BCUT2D eigenvalue weighted by molar-refractivity contribution is -0.119. The van der Waals surface area contributed by atoms with Crippen LogP contribution in [0.2, 0.25) is 0 Å². The van der Waals surface area contributed by atoms with Crippen LogP contribution in [0.4, 0.5) is 15.6 Å². The molecule has 0 aliphatic carbocycles. The molecular weight excluding hydrogens is 398 g/mol. The van der Waals surface area contributed by atoms with E-state index in [0.29, 0.717) is 18.1 Å². The summed E-state index contributed by atoms with van der Waals surface area (Å²) in [7, 11) is 0. The first-order chi connectivity index (χ1) is 14.5. The zero-order chi connectivity index (χ0) is 21.1. The predicted octanol–water partition coefficient (Wildman–Crippen LogP) is 4.46. The van der Waals surface area contributed by atoms with E-state index in [1.165, 1.54) is 11.3 Å². The average molecular weight is 422 g/mol. The van der Waals surface area contributed by atoms with Crippen LogP contribution >= 0.6 is 11.3 Å². The van der Waals surface area contributed by atoms with Crippen LogP contribution in [-0.4, -0.2) is 39.6 Å². The molecule has 154 valence electrons. The Labute approximate surface area is 179 Å². The molecule has 30 heavy (non-hydrogen) atoms. The number of hydrogen-bond acceptors (Lipinski definition) is 5. The molecule has 1 aliphatic heterocycles. The number of aromatic nitrogens is 2. The van der Waals surface area contributed by atoms with E-state index in [9.17, 15) is 9.59 Å². The van der Waals surface area contributed by atoms with Crippen molar-refractivity contribution in [2.45, 2.75) is 32.7 Å². The second kappa shape index (κ2) is 8.62. The van der Waals surface area contributed by atoms with Gasteiger partial charge in [0.15, 0.2) is 0 Å². The van der Waals surface area contributed by atoms with E-state index >= 15 is 0 Å². The Morgan fingerprint density at radius 1 is 1.07 bits per heavy atom. The summed E-state index contributed by atoms with van der Waals surface area (Å²) >= 11 is 1.32. The first-order valence-electron chi connectivity index (χ1n) is 9.86. The number of likely N-dealkylation sites (tertiary alicyclic amines) is 1. The molecule has 1 unspecified atom stereocenters. The molecule has 1 aliphatic rings. The molecule has 3 amide bonds. The Bertz CT molecular complexity index is 1080. The zero-order valence-corrected chi connectivity index (χ0v) is 17.7. The second-order valence-electron chi connectivity index (χ2n) is 7.37. The molecule has 7 nitrogen and oxygen atoms in total. The van der Waals surface area contributed by atoms with Gasteiger partial charge in [-0.25, -0.2) is 4.79 Å². The van der Waals surface area contributed by atoms with Crippen molar-refractivity contribution >= 4 is 34.1 Å². The van der Waals surface area contributed by atoms with Gasteiger partial charge in [-0.1, -0.05) is 53.3 Å². The Hall–Kier alpha value is -3.26. The standard InChI is InChI=1S/C22H23N5O2S/c1-14-7-5-9-16(13-14)20-25-26-21(30-20)24-19(28)18-11-6-12-27(18)22(29)23-17-10-4-3-8-15(17)2/h3-5,7-10,13,18H,6,11-12H2,1-2H3,(H,23,29)(H,24,26,28). The molecule has 0 saturated carbocycles. The van der Waals surface area contributed by atoms with Crippen molar-refractivity contribution < 1.29 is 9.59 Å². The van der Waals surface area contributed by atoms with Crippen molar-refractivity contribution in [2.24, 2.45) is 0 Å². The number of urea groups is 1. The maximum Gasteiger partial charge on any atom is 0.322 e. The maximum absolute atomic E-state index is 12.9. The number of benzene rings is 2. The molecular formula is C22H23N5O2S. The zero-order valence-electron chi connectivity index (χ0n) is 16.9. The molecule has 8 heteroatoms. The number of carbonyl (C=O) groups excluding carboxylic acids is 2. The molecule has 1 aromatic heterocycles. The topological polar surface area (TPSA) is 87.2 Å². The van der Waals surface area contributed by atoms with Crippen LogP contribution in [0.5, 0.6) is 0 Å². The van der Waals surface area contributed by atoms with Gasteiger partial charge in [0.2, 0.25) is 11.0 Å². The summed E-state index contributed by atoms with van der Waals surface area (Å²) in [6.45, 7) is 4.50. The molecule has 4 rings (SSSR count). The van der Waals surface area contributed by atoms with Gasteiger partial charge in [0.05, 0.1) is 0 Å². The normalized spacial score (nSPS) is 15.8. The minimum absolute atomic E-state index is 0.237. The highest BCUT2D eigenvalue weighted by molar-refractivity contribution is 7.18. The van der Waals surface area contributed by atoms with E-state index in [1.807, 2.05) is 62.4 Å². The molecule has 0 spiro atoms.